The van der Waals surface area contributed by atoms with Crippen molar-refractivity contribution < 1.29 is 8.78 Å². The summed E-state index contributed by atoms with van der Waals surface area (Å²) in [4.78, 5) is 4.40. The topological polar surface area (TPSA) is 72.3 Å². The van der Waals surface area contributed by atoms with Crippen LogP contribution in [0.1, 0.15) is 11.4 Å². The van der Waals surface area contributed by atoms with E-state index in [0.717, 1.165) is 12.1 Å². The molecule has 10 heteroatoms. The van der Waals surface area contributed by atoms with Gasteiger partial charge in [-0.1, -0.05) is 17.7 Å². The van der Waals surface area contributed by atoms with Crippen LogP contribution in [0.15, 0.2) is 18.2 Å². The predicted molar refractivity (Wildman–Crippen MR) is 83.1 cm³/mol. The molecule has 0 aliphatic carbocycles. The fraction of sp³-hybridized carbons (Fsp3) is 0.231. The monoisotopic (exact) mass is 356 g/mol. The molecule has 0 aliphatic heterocycles. The predicted octanol–water partition coefficient (Wildman–Crippen LogP) is 2.91. The molecule has 0 fully saturated rings. The molecule has 0 spiro atoms. The second kappa shape index (κ2) is 6.63. The number of benzene rings is 1. The SMILES string of the molecule is CSCc1nc(-c2n[nH]nc2Cl)n(Cc2ccc(F)c(F)c2)n1. The number of H-pyrrole nitrogens is 1. The van der Waals surface area contributed by atoms with Crippen LogP contribution in [0.3, 0.4) is 0 Å². The largest absolute Gasteiger partial charge is 0.240 e. The highest BCUT2D eigenvalue weighted by Crippen LogP contribution is 2.23. The summed E-state index contributed by atoms with van der Waals surface area (Å²) in [5.74, 6) is -0.192. The summed E-state index contributed by atoms with van der Waals surface area (Å²) in [5, 5.41) is 14.7. The van der Waals surface area contributed by atoms with Gasteiger partial charge >= 0.3 is 0 Å². The summed E-state index contributed by atoms with van der Waals surface area (Å²) in [6.45, 7) is 0.205. The van der Waals surface area contributed by atoms with Gasteiger partial charge in [-0.25, -0.2) is 18.4 Å². The summed E-state index contributed by atoms with van der Waals surface area (Å²) in [6.07, 6.45) is 1.93. The number of halogens is 3. The van der Waals surface area contributed by atoms with Gasteiger partial charge in [0.15, 0.2) is 34.1 Å². The van der Waals surface area contributed by atoms with Gasteiger partial charge in [0.25, 0.3) is 0 Å². The molecule has 23 heavy (non-hydrogen) atoms. The van der Waals surface area contributed by atoms with Gasteiger partial charge in [0.05, 0.1) is 12.3 Å². The molecular formula is C13H11ClF2N6S. The third-order valence-electron chi connectivity index (χ3n) is 3.02. The van der Waals surface area contributed by atoms with Crippen molar-refractivity contribution in [2.45, 2.75) is 12.3 Å². The number of aromatic amines is 1. The molecular weight excluding hydrogens is 346 g/mol. The summed E-state index contributed by atoms with van der Waals surface area (Å²) in [7, 11) is 0. The Bertz CT molecular complexity index is 834. The van der Waals surface area contributed by atoms with Crippen molar-refractivity contribution in [2.75, 3.05) is 6.26 Å². The Hall–Kier alpha value is -2.00. The number of thioether (sulfide) groups is 1. The van der Waals surface area contributed by atoms with E-state index in [0.29, 0.717) is 28.7 Å². The Morgan fingerprint density at radius 1 is 1.26 bits per heavy atom. The highest BCUT2D eigenvalue weighted by atomic mass is 35.5. The lowest BCUT2D eigenvalue weighted by atomic mass is 10.2. The third-order valence-corrected chi connectivity index (χ3v) is 3.83. The quantitative estimate of drug-likeness (QED) is 0.761. The van der Waals surface area contributed by atoms with Crippen molar-refractivity contribution >= 4 is 23.4 Å². The van der Waals surface area contributed by atoms with Crippen LogP contribution in [0.4, 0.5) is 8.78 Å². The Kier molecular flexibility index (Phi) is 4.58. The van der Waals surface area contributed by atoms with Gasteiger partial charge in [-0.2, -0.15) is 27.2 Å². The molecule has 0 aliphatic rings. The van der Waals surface area contributed by atoms with Crippen LogP contribution in [0.2, 0.25) is 5.15 Å². The smallest absolute Gasteiger partial charge is 0.182 e. The normalized spacial score (nSPS) is 11.1. The van der Waals surface area contributed by atoms with Crippen molar-refractivity contribution in [3.8, 4) is 11.5 Å². The first-order valence-corrected chi connectivity index (χ1v) is 8.29. The number of hydrogen-bond donors (Lipinski definition) is 1. The number of rotatable bonds is 5. The zero-order valence-corrected chi connectivity index (χ0v) is 13.5. The standard InChI is InChI=1S/C13H11ClF2N6S/c1-23-6-10-17-13(11-12(14)19-21-18-11)22(20-10)5-7-2-3-8(15)9(16)4-7/h2-4H,5-6H2,1H3,(H,18,19,21). The maximum absolute atomic E-state index is 13.4. The number of hydrogen-bond acceptors (Lipinski definition) is 5. The lowest BCUT2D eigenvalue weighted by Crippen LogP contribution is -2.05. The molecule has 2 aromatic heterocycles. The van der Waals surface area contributed by atoms with Gasteiger partial charge in [-0.05, 0) is 24.0 Å². The molecule has 0 saturated heterocycles. The van der Waals surface area contributed by atoms with Crippen LogP contribution in [-0.2, 0) is 12.3 Å². The number of aromatic nitrogens is 6. The van der Waals surface area contributed by atoms with Gasteiger partial charge in [0.1, 0.15) is 0 Å². The van der Waals surface area contributed by atoms with Gasteiger partial charge in [0.2, 0.25) is 0 Å². The summed E-state index contributed by atoms with van der Waals surface area (Å²) < 4.78 is 28.0. The number of nitrogens with zero attached hydrogens (tertiary/aromatic N) is 5. The van der Waals surface area contributed by atoms with Crippen molar-refractivity contribution in [3.63, 3.8) is 0 Å². The van der Waals surface area contributed by atoms with Gasteiger partial charge < -0.3 is 0 Å². The molecule has 0 atom stereocenters. The van der Waals surface area contributed by atoms with E-state index in [1.807, 2.05) is 6.26 Å². The van der Waals surface area contributed by atoms with Crippen LogP contribution in [-0.4, -0.2) is 36.4 Å². The molecule has 2 heterocycles. The van der Waals surface area contributed by atoms with Crippen molar-refractivity contribution in [2.24, 2.45) is 0 Å². The maximum Gasteiger partial charge on any atom is 0.182 e. The van der Waals surface area contributed by atoms with E-state index in [1.54, 1.807) is 16.4 Å². The highest BCUT2D eigenvalue weighted by Gasteiger charge is 2.18. The Labute approximate surface area is 139 Å². The van der Waals surface area contributed by atoms with E-state index in [9.17, 15) is 8.78 Å². The maximum atomic E-state index is 13.4. The van der Waals surface area contributed by atoms with Crippen molar-refractivity contribution in [1.82, 2.24) is 30.2 Å². The Morgan fingerprint density at radius 2 is 2.09 bits per heavy atom. The zero-order valence-electron chi connectivity index (χ0n) is 11.9. The highest BCUT2D eigenvalue weighted by molar-refractivity contribution is 7.97. The van der Waals surface area contributed by atoms with E-state index in [-0.39, 0.29) is 11.7 Å². The van der Waals surface area contributed by atoms with E-state index in [1.165, 1.54) is 6.07 Å². The molecule has 0 bridgehead atoms. The second-order valence-corrected chi connectivity index (χ2v) is 5.88. The first-order valence-electron chi connectivity index (χ1n) is 6.51. The van der Waals surface area contributed by atoms with Crippen molar-refractivity contribution in [1.29, 1.82) is 0 Å². The molecule has 0 unspecified atom stereocenters. The van der Waals surface area contributed by atoms with Crippen LogP contribution in [0.5, 0.6) is 0 Å². The van der Waals surface area contributed by atoms with Crippen LogP contribution < -0.4 is 0 Å². The molecule has 1 aromatic carbocycles. The van der Waals surface area contributed by atoms with E-state index in [2.05, 4.69) is 25.5 Å². The number of nitrogens with one attached hydrogen (secondary N) is 1. The summed E-state index contributed by atoms with van der Waals surface area (Å²) in [6, 6.07) is 3.69. The van der Waals surface area contributed by atoms with Crippen LogP contribution in [0, 0.1) is 11.6 Å². The summed E-state index contributed by atoms with van der Waals surface area (Å²) in [5.41, 5.74) is 0.902. The lowest BCUT2D eigenvalue weighted by Gasteiger charge is -2.05. The first-order chi connectivity index (χ1) is 11.1. The third kappa shape index (κ3) is 3.35. The minimum atomic E-state index is -0.909. The first kappa shape index (κ1) is 15.9. The average Bonchev–Trinajstić information content (AvgIpc) is 3.09. The molecule has 3 rings (SSSR count). The molecule has 0 amide bonds. The zero-order chi connectivity index (χ0) is 16.4. The van der Waals surface area contributed by atoms with Crippen LogP contribution >= 0.6 is 23.4 Å². The Balaban J connectivity index is 1.99. The molecule has 3 aromatic rings. The molecule has 1 N–H and O–H groups in total. The van der Waals surface area contributed by atoms with E-state index >= 15 is 0 Å². The van der Waals surface area contributed by atoms with E-state index < -0.39 is 11.6 Å². The minimum absolute atomic E-state index is 0.166. The second-order valence-electron chi connectivity index (χ2n) is 4.65. The fourth-order valence-corrected chi connectivity index (χ4v) is 2.58. The molecule has 0 radical (unpaired) electrons. The average molecular weight is 357 g/mol. The van der Waals surface area contributed by atoms with Crippen LogP contribution in [0.25, 0.3) is 11.5 Å². The fourth-order valence-electron chi connectivity index (χ4n) is 2.04. The molecule has 120 valence electrons. The molecule has 0 saturated carbocycles. The lowest BCUT2D eigenvalue weighted by molar-refractivity contribution is 0.506. The summed E-state index contributed by atoms with van der Waals surface area (Å²) >= 11 is 7.55. The van der Waals surface area contributed by atoms with E-state index in [4.69, 9.17) is 11.6 Å². The van der Waals surface area contributed by atoms with Gasteiger partial charge in [-0.3, -0.25) is 0 Å². The Morgan fingerprint density at radius 3 is 2.74 bits per heavy atom. The van der Waals surface area contributed by atoms with Gasteiger partial charge in [-0.15, -0.1) is 5.10 Å². The van der Waals surface area contributed by atoms with Gasteiger partial charge in [0, 0.05) is 0 Å². The van der Waals surface area contributed by atoms with Crippen molar-refractivity contribution in [3.05, 3.63) is 46.4 Å². The minimum Gasteiger partial charge on any atom is -0.240 e. The molecule has 6 nitrogen and oxygen atoms in total.